The van der Waals surface area contributed by atoms with Gasteiger partial charge in [0, 0.05) is 17.1 Å². The lowest BCUT2D eigenvalue weighted by Crippen LogP contribution is -2.40. The zero-order chi connectivity index (χ0) is 17.5. The number of methoxy groups -OCH3 is 1. The summed E-state index contributed by atoms with van der Waals surface area (Å²) in [6.07, 6.45) is -0.347. The number of carbonyl (C=O) groups excluding carboxylic acids is 2. The summed E-state index contributed by atoms with van der Waals surface area (Å²) in [5.41, 5.74) is -0.523. The normalized spacial score (nSPS) is 19.3. The van der Waals surface area contributed by atoms with Gasteiger partial charge in [-0.25, -0.2) is 0 Å². The molecule has 0 saturated heterocycles. The van der Waals surface area contributed by atoms with Gasteiger partial charge >= 0.3 is 0 Å². The molecule has 0 bridgehead atoms. The maximum absolute atomic E-state index is 12.7. The molecule has 0 fully saturated rings. The Morgan fingerprint density at radius 1 is 1.29 bits per heavy atom. The van der Waals surface area contributed by atoms with E-state index in [9.17, 15) is 14.7 Å². The molecule has 6 heteroatoms. The van der Waals surface area contributed by atoms with E-state index in [2.05, 4.69) is 15.9 Å². The molecule has 0 saturated carbocycles. The van der Waals surface area contributed by atoms with E-state index in [0.717, 1.165) is 4.47 Å². The summed E-state index contributed by atoms with van der Waals surface area (Å²) in [5.74, 6) is -0.456. The Balaban J connectivity index is 2.02. The molecule has 1 unspecified atom stereocenters. The van der Waals surface area contributed by atoms with Crippen molar-refractivity contribution in [3.63, 3.8) is 0 Å². The highest BCUT2D eigenvalue weighted by atomic mass is 79.9. The SMILES string of the molecule is COc1ccccc1C(=O)CC1(O)C(=O)N(C)c2ccc(Br)cc21. The van der Waals surface area contributed by atoms with Crippen molar-refractivity contribution in [1.29, 1.82) is 0 Å². The molecule has 124 valence electrons. The number of carbonyl (C=O) groups is 2. The number of hydrogen-bond acceptors (Lipinski definition) is 4. The highest BCUT2D eigenvalue weighted by molar-refractivity contribution is 9.10. The first kappa shape index (κ1) is 16.7. The van der Waals surface area contributed by atoms with Gasteiger partial charge in [0.25, 0.3) is 5.91 Å². The van der Waals surface area contributed by atoms with Crippen molar-refractivity contribution in [1.82, 2.24) is 0 Å². The zero-order valence-corrected chi connectivity index (χ0v) is 14.8. The van der Waals surface area contributed by atoms with Gasteiger partial charge in [0.2, 0.25) is 0 Å². The van der Waals surface area contributed by atoms with Crippen LogP contribution in [0.5, 0.6) is 5.75 Å². The standard InChI is InChI=1S/C18H16BrNO4/c1-20-14-8-7-11(19)9-13(14)18(23,17(20)22)10-15(21)12-5-3-4-6-16(12)24-2/h3-9,23H,10H2,1-2H3. The molecule has 3 rings (SSSR count). The number of benzene rings is 2. The number of ether oxygens (including phenoxy) is 1. The Morgan fingerprint density at radius 2 is 2.00 bits per heavy atom. The number of amides is 1. The first-order valence-electron chi connectivity index (χ1n) is 7.35. The fourth-order valence-corrected chi connectivity index (χ4v) is 3.37. The van der Waals surface area contributed by atoms with Crippen LogP contribution < -0.4 is 9.64 Å². The van der Waals surface area contributed by atoms with Gasteiger partial charge < -0.3 is 14.7 Å². The molecule has 1 heterocycles. The van der Waals surface area contributed by atoms with Gasteiger partial charge in [0.1, 0.15) is 5.75 Å². The summed E-state index contributed by atoms with van der Waals surface area (Å²) in [6, 6.07) is 12.0. The van der Waals surface area contributed by atoms with E-state index in [1.165, 1.54) is 12.0 Å². The van der Waals surface area contributed by atoms with Crippen molar-refractivity contribution in [3.8, 4) is 5.75 Å². The van der Waals surface area contributed by atoms with Crippen LogP contribution in [-0.2, 0) is 10.4 Å². The van der Waals surface area contributed by atoms with Crippen LogP contribution in [0.4, 0.5) is 5.69 Å². The highest BCUT2D eigenvalue weighted by Crippen LogP contribution is 2.43. The van der Waals surface area contributed by atoms with Crippen LogP contribution in [0, 0.1) is 0 Å². The Labute approximate surface area is 148 Å². The lowest BCUT2D eigenvalue weighted by atomic mass is 9.88. The molecule has 1 atom stereocenters. The third-order valence-electron chi connectivity index (χ3n) is 4.25. The highest BCUT2D eigenvalue weighted by Gasteiger charge is 2.50. The molecule has 0 spiro atoms. The number of anilines is 1. The summed E-state index contributed by atoms with van der Waals surface area (Å²) < 4.78 is 5.92. The number of nitrogens with zero attached hydrogens (tertiary/aromatic N) is 1. The van der Waals surface area contributed by atoms with E-state index in [0.29, 0.717) is 22.6 Å². The van der Waals surface area contributed by atoms with Crippen LogP contribution in [-0.4, -0.2) is 31.0 Å². The number of para-hydroxylation sites is 1. The minimum Gasteiger partial charge on any atom is -0.496 e. The van der Waals surface area contributed by atoms with Crippen molar-refractivity contribution >= 4 is 33.3 Å². The van der Waals surface area contributed by atoms with Crippen LogP contribution in [0.25, 0.3) is 0 Å². The van der Waals surface area contributed by atoms with E-state index < -0.39 is 11.5 Å². The lowest BCUT2D eigenvalue weighted by molar-refractivity contribution is -0.135. The first-order chi connectivity index (χ1) is 11.4. The van der Waals surface area contributed by atoms with Gasteiger partial charge in [-0.3, -0.25) is 9.59 Å². The minimum atomic E-state index is -1.88. The second-order valence-corrected chi connectivity index (χ2v) is 6.60. The smallest absolute Gasteiger partial charge is 0.263 e. The van der Waals surface area contributed by atoms with Gasteiger partial charge in [0.15, 0.2) is 11.4 Å². The molecule has 1 amide bonds. The molecule has 2 aromatic rings. The number of hydrogen-bond donors (Lipinski definition) is 1. The zero-order valence-electron chi connectivity index (χ0n) is 13.2. The predicted molar refractivity (Wildman–Crippen MR) is 93.4 cm³/mol. The average molecular weight is 390 g/mol. The van der Waals surface area contributed by atoms with Crippen LogP contribution in [0.2, 0.25) is 0 Å². The third kappa shape index (κ3) is 2.52. The quantitative estimate of drug-likeness (QED) is 0.816. The van der Waals surface area contributed by atoms with Gasteiger partial charge in [-0.1, -0.05) is 28.1 Å². The van der Waals surface area contributed by atoms with Crippen molar-refractivity contribution < 1.29 is 19.4 Å². The van der Waals surface area contributed by atoms with E-state index in [1.807, 2.05) is 0 Å². The molecular formula is C18H16BrNO4. The number of Topliss-reactive ketones (excluding diaryl/α,β-unsaturated/α-hetero) is 1. The summed E-state index contributed by atoms with van der Waals surface area (Å²) in [7, 11) is 3.06. The minimum absolute atomic E-state index is 0.340. The number of ketones is 1. The van der Waals surface area contributed by atoms with E-state index in [-0.39, 0.29) is 12.2 Å². The molecule has 2 aromatic carbocycles. The largest absolute Gasteiger partial charge is 0.496 e. The van der Waals surface area contributed by atoms with Crippen molar-refractivity contribution in [2.24, 2.45) is 0 Å². The van der Waals surface area contributed by atoms with Gasteiger partial charge in [-0.15, -0.1) is 0 Å². The molecule has 1 aliphatic heterocycles. The molecular weight excluding hydrogens is 374 g/mol. The fourth-order valence-electron chi connectivity index (χ4n) is 3.01. The van der Waals surface area contributed by atoms with Crippen molar-refractivity contribution in [2.45, 2.75) is 12.0 Å². The maximum atomic E-state index is 12.7. The second-order valence-electron chi connectivity index (χ2n) is 5.69. The number of fused-ring (bicyclic) bond motifs is 1. The topological polar surface area (TPSA) is 66.8 Å². The second kappa shape index (κ2) is 6.03. The average Bonchev–Trinajstić information content (AvgIpc) is 2.76. The van der Waals surface area contributed by atoms with Gasteiger partial charge in [-0.2, -0.15) is 0 Å². The molecule has 5 nitrogen and oxygen atoms in total. The lowest BCUT2D eigenvalue weighted by Gasteiger charge is -2.21. The molecule has 0 aromatic heterocycles. The Kier molecular flexibility index (Phi) is 4.19. The number of likely N-dealkylation sites (N-methyl/N-ethyl adjacent to an activating group) is 1. The fraction of sp³-hybridized carbons (Fsp3) is 0.222. The molecule has 0 aliphatic carbocycles. The number of rotatable bonds is 4. The molecule has 1 N–H and O–H groups in total. The van der Waals surface area contributed by atoms with Crippen molar-refractivity contribution in [2.75, 3.05) is 19.1 Å². The van der Waals surface area contributed by atoms with E-state index >= 15 is 0 Å². The van der Waals surface area contributed by atoms with Gasteiger partial charge in [-0.05, 0) is 30.3 Å². The molecule has 1 aliphatic rings. The predicted octanol–water partition coefficient (Wildman–Crippen LogP) is 2.89. The Bertz CT molecular complexity index is 836. The van der Waals surface area contributed by atoms with E-state index in [1.54, 1.807) is 49.5 Å². The van der Waals surface area contributed by atoms with Crippen LogP contribution in [0.1, 0.15) is 22.3 Å². The monoisotopic (exact) mass is 389 g/mol. The van der Waals surface area contributed by atoms with Crippen LogP contribution in [0.15, 0.2) is 46.9 Å². The third-order valence-corrected chi connectivity index (χ3v) is 4.74. The number of aliphatic hydroxyl groups is 1. The van der Waals surface area contributed by atoms with E-state index in [4.69, 9.17) is 4.74 Å². The Hall–Kier alpha value is -2.18. The summed E-state index contributed by atoms with van der Waals surface area (Å²) >= 11 is 3.34. The molecule has 0 radical (unpaired) electrons. The Morgan fingerprint density at radius 3 is 2.71 bits per heavy atom. The molecule has 24 heavy (non-hydrogen) atoms. The van der Waals surface area contributed by atoms with Crippen LogP contribution in [0.3, 0.4) is 0 Å². The maximum Gasteiger partial charge on any atom is 0.263 e. The summed E-state index contributed by atoms with van der Waals surface area (Å²) in [4.78, 5) is 26.7. The van der Waals surface area contributed by atoms with Crippen LogP contribution >= 0.6 is 15.9 Å². The summed E-state index contributed by atoms with van der Waals surface area (Å²) in [5, 5.41) is 11.0. The number of halogens is 1. The van der Waals surface area contributed by atoms with Crippen molar-refractivity contribution in [3.05, 3.63) is 58.1 Å². The summed E-state index contributed by atoms with van der Waals surface area (Å²) in [6.45, 7) is 0. The first-order valence-corrected chi connectivity index (χ1v) is 8.14. The van der Waals surface area contributed by atoms with Gasteiger partial charge in [0.05, 0.1) is 24.8 Å².